The molecule has 1 aromatic heterocycles. The molecule has 0 aliphatic carbocycles. The van der Waals surface area contributed by atoms with E-state index in [0.29, 0.717) is 23.6 Å². The highest BCUT2D eigenvalue weighted by atomic mass is 32.2. The molecule has 0 fully saturated rings. The van der Waals surface area contributed by atoms with Crippen molar-refractivity contribution in [2.45, 2.75) is 44.1 Å². The Hall–Kier alpha value is -2.57. The van der Waals surface area contributed by atoms with E-state index in [1.54, 1.807) is 0 Å². The first kappa shape index (κ1) is 23.6. The van der Waals surface area contributed by atoms with Crippen LogP contribution in [-0.2, 0) is 16.0 Å². The molecular weight excluding hydrogens is 450 g/mol. The second-order valence-electron chi connectivity index (χ2n) is 8.55. The highest BCUT2D eigenvalue weighted by Crippen LogP contribution is 2.56. The number of carbonyl (C=O) groups is 2. The molecule has 0 spiro atoms. The van der Waals surface area contributed by atoms with Crippen LogP contribution in [0.2, 0.25) is 0 Å². The van der Waals surface area contributed by atoms with Gasteiger partial charge in [-0.05, 0) is 36.0 Å². The lowest BCUT2D eigenvalue weighted by Gasteiger charge is -2.30. The minimum atomic E-state index is -0.361. The second-order valence-corrected chi connectivity index (χ2v) is 10.9. The number of thioether (sulfide) groups is 1. The first-order valence-electron chi connectivity index (χ1n) is 11.4. The van der Waals surface area contributed by atoms with Crippen LogP contribution in [0, 0.1) is 5.92 Å². The molecule has 4 rings (SSSR count). The third-order valence-corrected chi connectivity index (χ3v) is 8.48. The molecule has 2 aromatic carbocycles. The first-order chi connectivity index (χ1) is 16.0. The molecule has 2 heterocycles. The first-order valence-corrected chi connectivity index (χ1v) is 13.1. The maximum atomic E-state index is 13.1. The summed E-state index contributed by atoms with van der Waals surface area (Å²) in [5, 5.41) is 3.92. The molecule has 2 atom stereocenters. The van der Waals surface area contributed by atoms with Crippen molar-refractivity contribution in [3.63, 3.8) is 0 Å². The fourth-order valence-corrected chi connectivity index (χ4v) is 7.18. The van der Waals surface area contributed by atoms with E-state index in [-0.39, 0.29) is 28.3 Å². The summed E-state index contributed by atoms with van der Waals surface area (Å²) in [6.07, 6.45) is 1.13. The molecule has 0 bridgehead atoms. The van der Waals surface area contributed by atoms with Gasteiger partial charge in [0.05, 0.1) is 17.4 Å². The van der Waals surface area contributed by atoms with Crippen molar-refractivity contribution in [3.05, 3.63) is 87.8 Å². The smallest absolute Gasteiger partial charge is 0.341 e. The van der Waals surface area contributed by atoms with E-state index in [1.807, 2.05) is 56.8 Å². The molecule has 172 valence electrons. The summed E-state index contributed by atoms with van der Waals surface area (Å²) in [6.45, 7) is 6.13. The number of nitrogens with one attached hydrogen (secondary N) is 1. The number of hydrogen-bond acceptors (Lipinski definition) is 5. The van der Waals surface area contributed by atoms with Crippen molar-refractivity contribution < 1.29 is 14.3 Å². The van der Waals surface area contributed by atoms with Gasteiger partial charge in [0.25, 0.3) is 0 Å². The maximum absolute atomic E-state index is 13.1. The van der Waals surface area contributed by atoms with E-state index in [2.05, 4.69) is 41.7 Å². The van der Waals surface area contributed by atoms with E-state index >= 15 is 0 Å². The van der Waals surface area contributed by atoms with Gasteiger partial charge in [-0.25, -0.2) is 4.79 Å². The average molecular weight is 480 g/mol. The minimum Gasteiger partial charge on any atom is -0.462 e. The average Bonchev–Trinajstić information content (AvgIpc) is 3.16. The van der Waals surface area contributed by atoms with Crippen LogP contribution in [0.25, 0.3) is 0 Å². The molecule has 1 aliphatic heterocycles. The molecule has 0 saturated heterocycles. The monoisotopic (exact) mass is 479 g/mol. The number of anilines is 1. The normalized spacial score (nSPS) is 17.5. The third kappa shape index (κ3) is 5.33. The fourth-order valence-electron chi connectivity index (χ4n) is 4.13. The number of thiophene rings is 1. The number of rotatable bonds is 7. The Balaban J connectivity index is 1.82. The standard InChI is InChI=1S/C27H29NO3S2/c1-4-31-27(30)23-20-16-21(18-11-7-5-8-12-18)32-24(19-13-9-6-10-14-19)25(20)33-26(23)28-22(29)15-17(2)3/h5-14,17,21,24H,4,15-16H2,1-3H3,(H,28,29)/t21-,24+/m0/s1. The summed E-state index contributed by atoms with van der Waals surface area (Å²) in [5.41, 5.74) is 3.96. The van der Waals surface area contributed by atoms with Gasteiger partial charge in [-0.1, -0.05) is 74.5 Å². The third-order valence-electron chi connectivity index (χ3n) is 5.57. The van der Waals surface area contributed by atoms with E-state index in [1.165, 1.54) is 22.5 Å². The zero-order valence-electron chi connectivity index (χ0n) is 19.2. The van der Waals surface area contributed by atoms with Crippen LogP contribution in [0.3, 0.4) is 0 Å². The predicted molar refractivity (Wildman–Crippen MR) is 137 cm³/mol. The van der Waals surface area contributed by atoms with Crippen LogP contribution in [0.1, 0.15) is 69.6 Å². The van der Waals surface area contributed by atoms with Gasteiger partial charge in [-0.15, -0.1) is 23.1 Å². The van der Waals surface area contributed by atoms with E-state index in [0.717, 1.165) is 16.9 Å². The van der Waals surface area contributed by atoms with Gasteiger partial charge in [-0.3, -0.25) is 4.79 Å². The molecule has 1 N–H and O–H groups in total. The molecule has 0 unspecified atom stereocenters. The Morgan fingerprint density at radius 1 is 1.03 bits per heavy atom. The summed E-state index contributed by atoms with van der Waals surface area (Å²) in [7, 11) is 0. The predicted octanol–water partition coefficient (Wildman–Crippen LogP) is 7.03. The van der Waals surface area contributed by atoms with Gasteiger partial charge in [0.15, 0.2) is 0 Å². The summed E-state index contributed by atoms with van der Waals surface area (Å²) < 4.78 is 5.45. The maximum Gasteiger partial charge on any atom is 0.341 e. The lowest BCUT2D eigenvalue weighted by molar-refractivity contribution is -0.116. The molecule has 4 nitrogen and oxygen atoms in total. The Bertz CT molecular complexity index is 1110. The van der Waals surface area contributed by atoms with Gasteiger partial charge < -0.3 is 10.1 Å². The van der Waals surface area contributed by atoms with Crippen molar-refractivity contribution in [2.75, 3.05) is 11.9 Å². The number of carbonyl (C=O) groups excluding carboxylic acids is 2. The van der Waals surface area contributed by atoms with Gasteiger partial charge in [0.1, 0.15) is 5.00 Å². The molecule has 3 aromatic rings. The SMILES string of the molecule is CCOC(=O)c1c(NC(=O)CC(C)C)sc2c1C[C@@H](c1ccccc1)S[C@@H]2c1ccccc1. The van der Waals surface area contributed by atoms with Crippen molar-refractivity contribution in [1.82, 2.24) is 0 Å². The zero-order valence-corrected chi connectivity index (χ0v) is 20.8. The van der Waals surface area contributed by atoms with E-state index < -0.39 is 0 Å². The molecule has 1 aliphatic rings. The van der Waals surface area contributed by atoms with Crippen LogP contribution < -0.4 is 5.32 Å². The lowest BCUT2D eigenvalue weighted by atomic mass is 9.96. The summed E-state index contributed by atoms with van der Waals surface area (Å²) >= 11 is 3.42. The van der Waals surface area contributed by atoms with Gasteiger partial charge >= 0.3 is 5.97 Å². The Morgan fingerprint density at radius 3 is 2.27 bits per heavy atom. The largest absolute Gasteiger partial charge is 0.462 e. The lowest BCUT2D eigenvalue weighted by Crippen LogP contribution is -2.18. The highest BCUT2D eigenvalue weighted by Gasteiger charge is 2.37. The zero-order chi connectivity index (χ0) is 23.4. The summed E-state index contributed by atoms with van der Waals surface area (Å²) in [6, 6.07) is 20.8. The molecule has 6 heteroatoms. The highest BCUT2D eigenvalue weighted by molar-refractivity contribution is 8.00. The van der Waals surface area contributed by atoms with Crippen molar-refractivity contribution in [2.24, 2.45) is 5.92 Å². The number of amides is 1. The number of esters is 1. The minimum absolute atomic E-state index is 0.0716. The summed E-state index contributed by atoms with van der Waals surface area (Å²) in [4.78, 5) is 26.9. The van der Waals surface area contributed by atoms with Crippen molar-refractivity contribution in [3.8, 4) is 0 Å². The summed E-state index contributed by atoms with van der Waals surface area (Å²) in [5.74, 6) is -0.196. The molecule has 0 radical (unpaired) electrons. The molecule has 1 amide bonds. The topological polar surface area (TPSA) is 55.4 Å². The number of benzene rings is 2. The van der Waals surface area contributed by atoms with Crippen LogP contribution in [0.4, 0.5) is 5.00 Å². The Labute approximate surface area is 203 Å². The fraction of sp³-hybridized carbons (Fsp3) is 0.333. The Kier molecular flexibility index (Phi) is 7.56. The quantitative estimate of drug-likeness (QED) is 0.370. The van der Waals surface area contributed by atoms with Gasteiger partial charge in [-0.2, -0.15) is 0 Å². The molecular formula is C27H29NO3S2. The second kappa shape index (κ2) is 10.6. The van der Waals surface area contributed by atoms with Crippen molar-refractivity contribution in [1.29, 1.82) is 0 Å². The van der Waals surface area contributed by atoms with Crippen LogP contribution in [0.15, 0.2) is 60.7 Å². The van der Waals surface area contributed by atoms with Crippen LogP contribution >= 0.6 is 23.1 Å². The number of fused-ring (bicyclic) bond motifs is 1. The number of ether oxygens (including phenoxy) is 1. The Morgan fingerprint density at radius 2 is 1.67 bits per heavy atom. The van der Waals surface area contributed by atoms with E-state index in [4.69, 9.17) is 4.74 Å². The number of hydrogen-bond donors (Lipinski definition) is 1. The van der Waals surface area contributed by atoms with E-state index in [9.17, 15) is 9.59 Å². The molecule has 0 saturated carbocycles. The van der Waals surface area contributed by atoms with Crippen LogP contribution in [0.5, 0.6) is 0 Å². The molecule has 33 heavy (non-hydrogen) atoms. The van der Waals surface area contributed by atoms with Gasteiger partial charge in [0, 0.05) is 16.5 Å². The van der Waals surface area contributed by atoms with Gasteiger partial charge in [0.2, 0.25) is 5.91 Å². The van der Waals surface area contributed by atoms with Crippen LogP contribution in [-0.4, -0.2) is 18.5 Å². The van der Waals surface area contributed by atoms with Crippen molar-refractivity contribution >= 4 is 40.0 Å².